The van der Waals surface area contributed by atoms with E-state index in [4.69, 9.17) is 4.98 Å². The lowest BCUT2D eigenvalue weighted by atomic mass is 10.0. The molecule has 0 radical (unpaired) electrons. The quantitative estimate of drug-likeness (QED) is 0.466. The summed E-state index contributed by atoms with van der Waals surface area (Å²) >= 11 is 1.68. The second-order valence-electron chi connectivity index (χ2n) is 6.64. The van der Waals surface area contributed by atoms with Gasteiger partial charge in [-0.1, -0.05) is 37.6 Å². The van der Waals surface area contributed by atoms with Crippen molar-refractivity contribution in [2.75, 3.05) is 0 Å². The van der Waals surface area contributed by atoms with E-state index < -0.39 is 0 Å². The third kappa shape index (κ3) is 3.80. The lowest BCUT2D eigenvalue weighted by Gasteiger charge is -2.18. The average molecular weight is 388 g/mol. The monoisotopic (exact) mass is 387 g/mol. The average Bonchev–Trinajstić information content (AvgIpc) is 3.28. The van der Waals surface area contributed by atoms with Gasteiger partial charge in [-0.3, -0.25) is 9.78 Å². The van der Waals surface area contributed by atoms with Gasteiger partial charge in [-0.2, -0.15) is 0 Å². The number of carbonyl (C=O) groups excluding carboxylic acids is 1. The molecule has 0 aliphatic carbocycles. The molecule has 3 heterocycles. The van der Waals surface area contributed by atoms with E-state index in [1.165, 1.54) is 4.88 Å². The van der Waals surface area contributed by atoms with Crippen molar-refractivity contribution in [2.24, 2.45) is 0 Å². The molecular formula is C23H21N3OS. The first-order chi connectivity index (χ1) is 13.8. The normalized spacial score (nSPS) is 12.0. The Hall–Kier alpha value is -3.05. The zero-order valence-corrected chi connectivity index (χ0v) is 16.4. The summed E-state index contributed by atoms with van der Waals surface area (Å²) in [5.41, 5.74) is 3.09. The maximum Gasteiger partial charge on any atom is 0.252 e. The van der Waals surface area contributed by atoms with Gasteiger partial charge in [-0.05, 0) is 42.1 Å². The van der Waals surface area contributed by atoms with E-state index in [0.717, 1.165) is 35.0 Å². The highest BCUT2D eigenvalue weighted by Gasteiger charge is 2.19. The van der Waals surface area contributed by atoms with Crippen LogP contribution in [-0.2, 0) is 0 Å². The number of thiophene rings is 1. The van der Waals surface area contributed by atoms with E-state index in [1.807, 2.05) is 53.9 Å². The van der Waals surface area contributed by atoms with Gasteiger partial charge in [0.15, 0.2) is 0 Å². The van der Waals surface area contributed by atoms with Crippen LogP contribution in [0, 0.1) is 0 Å². The third-order valence-corrected chi connectivity index (χ3v) is 5.67. The fraction of sp³-hybridized carbons (Fsp3) is 0.174. The van der Waals surface area contributed by atoms with Gasteiger partial charge < -0.3 is 5.32 Å². The minimum absolute atomic E-state index is 0.0197. The molecular weight excluding hydrogens is 366 g/mol. The molecule has 3 aromatic heterocycles. The molecule has 4 rings (SSSR count). The molecule has 1 atom stereocenters. The van der Waals surface area contributed by atoms with Crippen molar-refractivity contribution in [3.05, 3.63) is 82.8 Å². The van der Waals surface area contributed by atoms with E-state index in [9.17, 15) is 4.79 Å². The number of pyridine rings is 2. The van der Waals surface area contributed by atoms with Gasteiger partial charge in [0.05, 0.1) is 22.8 Å². The predicted molar refractivity (Wildman–Crippen MR) is 114 cm³/mol. The van der Waals surface area contributed by atoms with Crippen LogP contribution in [0.2, 0.25) is 0 Å². The Morgan fingerprint density at radius 3 is 2.79 bits per heavy atom. The SMILES string of the molecule is CCC[C@H](NC(=O)c1cc(-c2cccnc2)nc2ccccc12)c1cccs1. The molecule has 28 heavy (non-hydrogen) atoms. The Bertz CT molecular complexity index is 1080. The summed E-state index contributed by atoms with van der Waals surface area (Å²) in [6.07, 6.45) is 5.41. The Morgan fingerprint density at radius 2 is 2.04 bits per heavy atom. The summed E-state index contributed by atoms with van der Waals surface area (Å²) in [5.74, 6) is -0.0735. The number of benzene rings is 1. The number of nitrogens with one attached hydrogen (secondary N) is 1. The number of hydrogen-bond acceptors (Lipinski definition) is 4. The van der Waals surface area contributed by atoms with Crippen molar-refractivity contribution in [3.63, 3.8) is 0 Å². The Balaban J connectivity index is 1.75. The molecule has 0 aliphatic rings. The summed E-state index contributed by atoms with van der Waals surface area (Å²) in [6, 6.07) is 17.6. The van der Waals surface area contributed by atoms with E-state index in [-0.39, 0.29) is 11.9 Å². The van der Waals surface area contributed by atoms with E-state index in [0.29, 0.717) is 5.56 Å². The second-order valence-corrected chi connectivity index (χ2v) is 7.62. The van der Waals surface area contributed by atoms with Crippen LogP contribution in [0.4, 0.5) is 0 Å². The van der Waals surface area contributed by atoms with Gasteiger partial charge in [0.1, 0.15) is 0 Å². The largest absolute Gasteiger partial charge is 0.344 e. The predicted octanol–water partition coefficient (Wildman–Crippen LogP) is 5.63. The fourth-order valence-corrected chi connectivity index (χ4v) is 4.14. The number of carbonyl (C=O) groups is 1. The molecule has 140 valence electrons. The van der Waals surface area contributed by atoms with Crippen molar-refractivity contribution in [1.82, 2.24) is 15.3 Å². The maximum absolute atomic E-state index is 13.3. The fourth-order valence-electron chi connectivity index (χ4n) is 3.33. The van der Waals surface area contributed by atoms with E-state index in [1.54, 1.807) is 23.7 Å². The van der Waals surface area contributed by atoms with Crippen molar-refractivity contribution in [3.8, 4) is 11.3 Å². The summed E-state index contributed by atoms with van der Waals surface area (Å²) < 4.78 is 0. The number of amides is 1. The first kappa shape index (κ1) is 18.3. The van der Waals surface area contributed by atoms with Crippen LogP contribution in [0.5, 0.6) is 0 Å². The maximum atomic E-state index is 13.3. The van der Waals surface area contributed by atoms with Crippen LogP contribution in [0.3, 0.4) is 0 Å². The standard InChI is InChI=1S/C23H21N3OS/c1-2-7-20(22-11-6-13-28-22)26-23(27)18-14-21(16-8-5-12-24-15-16)25-19-10-4-3-9-17(18)19/h3-6,8-15,20H,2,7H2,1H3,(H,26,27)/t20-/m0/s1. The number of aromatic nitrogens is 2. The van der Waals surface area contributed by atoms with Crippen molar-refractivity contribution in [1.29, 1.82) is 0 Å². The highest BCUT2D eigenvalue weighted by Crippen LogP contribution is 2.27. The van der Waals surface area contributed by atoms with Crippen LogP contribution >= 0.6 is 11.3 Å². The zero-order valence-electron chi connectivity index (χ0n) is 15.6. The molecule has 1 aromatic carbocycles. The summed E-state index contributed by atoms with van der Waals surface area (Å²) in [4.78, 5) is 23.4. The molecule has 0 unspecified atom stereocenters. The first-order valence-corrected chi connectivity index (χ1v) is 10.3. The number of nitrogens with zero attached hydrogens (tertiary/aromatic N) is 2. The third-order valence-electron chi connectivity index (χ3n) is 4.69. The van der Waals surface area contributed by atoms with Crippen molar-refractivity contribution >= 4 is 28.1 Å². The Labute approximate surface area is 168 Å². The summed E-state index contributed by atoms with van der Waals surface area (Å²) in [6.45, 7) is 2.13. The van der Waals surface area contributed by atoms with E-state index >= 15 is 0 Å². The van der Waals surface area contributed by atoms with Gasteiger partial charge in [-0.25, -0.2) is 4.98 Å². The molecule has 0 fully saturated rings. The Kier molecular flexibility index (Phi) is 5.44. The smallest absolute Gasteiger partial charge is 0.252 e. The van der Waals surface area contributed by atoms with Crippen LogP contribution in [0.15, 0.2) is 72.4 Å². The lowest BCUT2D eigenvalue weighted by molar-refractivity contribution is 0.0937. The van der Waals surface area contributed by atoms with Crippen molar-refractivity contribution in [2.45, 2.75) is 25.8 Å². The summed E-state index contributed by atoms with van der Waals surface area (Å²) in [7, 11) is 0. The summed E-state index contributed by atoms with van der Waals surface area (Å²) in [5, 5.41) is 6.14. The lowest BCUT2D eigenvalue weighted by Crippen LogP contribution is -2.28. The molecule has 4 aromatic rings. The minimum atomic E-state index is -0.0735. The first-order valence-electron chi connectivity index (χ1n) is 9.40. The Morgan fingerprint density at radius 1 is 1.14 bits per heavy atom. The van der Waals surface area contributed by atoms with Crippen LogP contribution < -0.4 is 5.32 Å². The van der Waals surface area contributed by atoms with Gasteiger partial charge in [0.25, 0.3) is 5.91 Å². The molecule has 0 spiro atoms. The molecule has 0 saturated carbocycles. The van der Waals surface area contributed by atoms with Crippen LogP contribution in [0.25, 0.3) is 22.2 Å². The van der Waals surface area contributed by atoms with Gasteiger partial charge in [0.2, 0.25) is 0 Å². The topological polar surface area (TPSA) is 54.9 Å². The van der Waals surface area contributed by atoms with Gasteiger partial charge in [0, 0.05) is 28.2 Å². The second kappa shape index (κ2) is 8.31. The van der Waals surface area contributed by atoms with Crippen LogP contribution in [0.1, 0.15) is 41.0 Å². The molecule has 0 bridgehead atoms. The molecule has 1 N–H and O–H groups in total. The number of para-hydroxylation sites is 1. The zero-order chi connectivity index (χ0) is 19.3. The molecule has 1 amide bonds. The highest BCUT2D eigenvalue weighted by atomic mass is 32.1. The van der Waals surface area contributed by atoms with Gasteiger partial charge in [-0.15, -0.1) is 11.3 Å². The minimum Gasteiger partial charge on any atom is -0.344 e. The number of fused-ring (bicyclic) bond motifs is 1. The molecule has 0 saturated heterocycles. The molecule has 0 aliphatic heterocycles. The molecule has 5 heteroatoms. The van der Waals surface area contributed by atoms with Crippen LogP contribution in [-0.4, -0.2) is 15.9 Å². The number of hydrogen-bond donors (Lipinski definition) is 1. The van der Waals surface area contributed by atoms with Gasteiger partial charge >= 0.3 is 0 Å². The number of rotatable bonds is 6. The molecule has 4 nitrogen and oxygen atoms in total. The van der Waals surface area contributed by atoms with E-state index in [2.05, 4.69) is 23.3 Å². The van der Waals surface area contributed by atoms with Crippen molar-refractivity contribution < 1.29 is 4.79 Å². The highest BCUT2D eigenvalue weighted by molar-refractivity contribution is 7.10.